The van der Waals surface area contributed by atoms with Crippen molar-refractivity contribution in [2.24, 2.45) is 0 Å². The number of hydrogen-bond acceptors (Lipinski definition) is 2. The molecule has 0 amide bonds. The minimum absolute atomic E-state index is 0.613. The molecule has 29 heavy (non-hydrogen) atoms. The predicted octanol–water partition coefficient (Wildman–Crippen LogP) is 5.27. The first-order valence-electron chi connectivity index (χ1n) is 6.61. The monoisotopic (exact) mass is 470 g/mol. The summed E-state index contributed by atoms with van der Waals surface area (Å²) in [6, 6.07) is 0. The third-order valence-corrected chi connectivity index (χ3v) is 3.24. The molecular formula is C12H9F15O2. The van der Waals surface area contributed by atoms with Crippen LogP contribution < -0.4 is 0 Å². The first-order chi connectivity index (χ1) is 12.3. The number of aliphatic hydroxyl groups excluding tert-OH is 1. The van der Waals surface area contributed by atoms with E-state index in [1.54, 1.807) is 0 Å². The molecule has 1 N–H and O–H groups in total. The molecular weight excluding hydrogens is 461 g/mol. The molecule has 2 nitrogen and oxygen atoms in total. The molecule has 1 unspecified atom stereocenters. The highest BCUT2D eigenvalue weighted by Gasteiger charge is 2.93. The fraction of sp³-hybridized carbons (Fsp3) is 0.833. The summed E-state index contributed by atoms with van der Waals surface area (Å²) < 4.78 is 196. The van der Waals surface area contributed by atoms with E-state index in [0.29, 0.717) is 0 Å². The van der Waals surface area contributed by atoms with Gasteiger partial charge in [0.1, 0.15) is 6.61 Å². The average Bonchev–Trinajstić information content (AvgIpc) is 2.50. The Balaban J connectivity index is 6.25. The molecule has 0 aromatic rings. The quantitative estimate of drug-likeness (QED) is 0.283. The van der Waals surface area contributed by atoms with Crippen LogP contribution in [-0.4, -0.2) is 59.7 Å². The summed E-state index contributed by atoms with van der Waals surface area (Å²) in [5, 5.41) is 8.86. The number of rotatable bonds is 9. The van der Waals surface area contributed by atoms with Crippen molar-refractivity contribution in [3.8, 4) is 0 Å². The van der Waals surface area contributed by atoms with Gasteiger partial charge in [0, 0.05) is 0 Å². The van der Waals surface area contributed by atoms with E-state index in [0.717, 1.165) is 6.92 Å². The highest BCUT2D eigenvalue weighted by atomic mass is 19.4. The lowest BCUT2D eigenvalue weighted by Gasteiger charge is -2.41. The van der Waals surface area contributed by atoms with Gasteiger partial charge in [0.2, 0.25) is 0 Å². The molecule has 0 spiro atoms. The Morgan fingerprint density at radius 1 is 0.690 bits per heavy atom. The highest BCUT2D eigenvalue weighted by molar-refractivity contribution is 5.13. The van der Waals surface area contributed by atoms with Crippen molar-refractivity contribution in [2.45, 2.75) is 54.9 Å². The van der Waals surface area contributed by atoms with Gasteiger partial charge < -0.3 is 9.84 Å². The van der Waals surface area contributed by atoms with Gasteiger partial charge in [0.25, 0.3) is 0 Å². The fourth-order valence-corrected chi connectivity index (χ4v) is 1.42. The summed E-state index contributed by atoms with van der Waals surface area (Å²) in [5.41, 5.74) is -0.613. The van der Waals surface area contributed by atoms with E-state index in [1.807, 2.05) is 0 Å². The van der Waals surface area contributed by atoms with Crippen molar-refractivity contribution in [1.29, 1.82) is 0 Å². The Kier molecular flexibility index (Phi) is 7.03. The standard InChI is InChI=1S/C12H9F15O2/c1-4(2)5(28)29-3-6(13,14)7(15,16)8(17,18)9(19,20)10(21,22)11(23,24)12(25,26)27/h5,28H,1,3H2,2H3. The zero-order valence-electron chi connectivity index (χ0n) is 13.5. The van der Waals surface area contributed by atoms with Crippen LogP contribution in [0.2, 0.25) is 0 Å². The molecule has 0 radical (unpaired) electrons. The molecule has 0 aliphatic rings. The predicted molar refractivity (Wildman–Crippen MR) is 62.5 cm³/mol. The summed E-state index contributed by atoms with van der Waals surface area (Å²) in [4.78, 5) is 0. The average molecular weight is 470 g/mol. The Morgan fingerprint density at radius 2 is 1.00 bits per heavy atom. The van der Waals surface area contributed by atoms with Gasteiger partial charge in [-0.3, -0.25) is 0 Å². The van der Waals surface area contributed by atoms with Crippen LogP contribution in [0.3, 0.4) is 0 Å². The molecule has 1 atom stereocenters. The van der Waals surface area contributed by atoms with Gasteiger partial charge in [0.15, 0.2) is 6.29 Å². The van der Waals surface area contributed by atoms with Gasteiger partial charge >= 0.3 is 41.7 Å². The Bertz CT molecular complexity index is 607. The number of halogens is 15. The second kappa shape index (κ2) is 7.39. The molecule has 0 rings (SSSR count). The van der Waals surface area contributed by atoms with E-state index in [9.17, 15) is 65.9 Å². The van der Waals surface area contributed by atoms with Crippen LogP contribution in [0.5, 0.6) is 0 Å². The van der Waals surface area contributed by atoms with Crippen molar-refractivity contribution >= 4 is 0 Å². The van der Waals surface area contributed by atoms with Crippen LogP contribution in [0.1, 0.15) is 6.92 Å². The van der Waals surface area contributed by atoms with E-state index < -0.39 is 60.2 Å². The Hall–Kier alpha value is -1.39. The van der Waals surface area contributed by atoms with Gasteiger partial charge in [-0.1, -0.05) is 6.58 Å². The van der Waals surface area contributed by atoms with Crippen molar-refractivity contribution in [3.05, 3.63) is 12.2 Å². The van der Waals surface area contributed by atoms with Crippen LogP contribution in [0.4, 0.5) is 65.9 Å². The lowest BCUT2D eigenvalue weighted by atomic mass is 9.91. The molecule has 0 bridgehead atoms. The summed E-state index contributed by atoms with van der Waals surface area (Å²) in [6.45, 7) is 0.564. The second-order valence-corrected chi connectivity index (χ2v) is 5.58. The third-order valence-electron chi connectivity index (χ3n) is 3.24. The van der Waals surface area contributed by atoms with E-state index >= 15 is 0 Å². The molecule has 0 aromatic carbocycles. The molecule has 0 aromatic heterocycles. The van der Waals surface area contributed by atoms with Crippen molar-refractivity contribution in [2.75, 3.05) is 6.61 Å². The number of hydrogen-bond donors (Lipinski definition) is 1. The minimum Gasteiger partial charge on any atom is -0.364 e. The van der Waals surface area contributed by atoms with Crippen molar-refractivity contribution < 1.29 is 75.7 Å². The highest BCUT2D eigenvalue weighted by Crippen LogP contribution is 2.62. The van der Waals surface area contributed by atoms with Gasteiger partial charge in [-0.15, -0.1) is 0 Å². The fourth-order valence-electron chi connectivity index (χ4n) is 1.42. The smallest absolute Gasteiger partial charge is 0.364 e. The van der Waals surface area contributed by atoms with Crippen molar-refractivity contribution in [3.63, 3.8) is 0 Å². The van der Waals surface area contributed by atoms with E-state index in [-0.39, 0.29) is 0 Å². The van der Waals surface area contributed by atoms with Gasteiger partial charge in [-0.25, -0.2) is 0 Å². The van der Waals surface area contributed by atoms with Crippen LogP contribution >= 0.6 is 0 Å². The van der Waals surface area contributed by atoms with Gasteiger partial charge in [0.05, 0.1) is 0 Å². The van der Waals surface area contributed by atoms with Crippen molar-refractivity contribution in [1.82, 2.24) is 0 Å². The van der Waals surface area contributed by atoms with E-state index in [4.69, 9.17) is 5.11 Å². The molecule has 0 saturated heterocycles. The number of aliphatic hydroxyl groups is 1. The Morgan fingerprint density at radius 3 is 1.31 bits per heavy atom. The van der Waals surface area contributed by atoms with Gasteiger partial charge in [-0.05, 0) is 12.5 Å². The first kappa shape index (κ1) is 27.6. The lowest BCUT2D eigenvalue weighted by molar-refractivity contribution is -0.454. The molecule has 0 saturated carbocycles. The summed E-state index contributed by atoms with van der Waals surface area (Å²) >= 11 is 0. The van der Waals surface area contributed by atoms with E-state index in [1.165, 1.54) is 0 Å². The minimum atomic E-state index is -8.35. The molecule has 0 fully saturated rings. The summed E-state index contributed by atoms with van der Waals surface area (Å²) in [7, 11) is 0. The molecule has 0 heterocycles. The Labute approximate surface area is 150 Å². The van der Waals surface area contributed by atoms with Crippen LogP contribution in [0, 0.1) is 0 Å². The molecule has 0 aliphatic carbocycles. The topological polar surface area (TPSA) is 29.5 Å². The second-order valence-electron chi connectivity index (χ2n) is 5.58. The maximum Gasteiger partial charge on any atom is 0.460 e. The normalized spacial score (nSPS) is 16.7. The summed E-state index contributed by atoms with van der Waals surface area (Å²) in [6.07, 6.45) is -10.2. The first-order valence-corrected chi connectivity index (χ1v) is 6.61. The number of ether oxygens (including phenoxy) is 1. The maximum absolute atomic E-state index is 13.3. The lowest BCUT2D eigenvalue weighted by Crippen LogP contribution is -2.73. The zero-order valence-corrected chi connectivity index (χ0v) is 13.5. The maximum atomic E-state index is 13.3. The van der Waals surface area contributed by atoms with Crippen LogP contribution in [0.25, 0.3) is 0 Å². The number of alkyl halides is 15. The SMILES string of the molecule is C=C(C)C(O)OCC(F)(F)C(F)(F)C(F)(F)C(F)(F)C(F)(F)C(F)(F)C(F)(F)F. The molecule has 0 aliphatic heterocycles. The molecule has 174 valence electrons. The molecule has 17 heteroatoms. The van der Waals surface area contributed by atoms with Gasteiger partial charge in [-0.2, -0.15) is 65.9 Å². The largest absolute Gasteiger partial charge is 0.460 e. The van der Waals surface area contributed by atoms with E-state index in [2.05, 4.69) is 11.3 Å². The van der Waals surface area contributed by atoms with Crippen LogP contribution in [-0.2, 0) is 4.74 Å². The third kappa shape index (κ3) is 4.11. The van der Waals surface area contributed by atoms with Crippen LogP contribution in [0.15, 0.2) is 12.2 Å². The zero-order chi connectivity index (χ0) is 24.1. The summed E-state index contributed by atoms with van der Waals surface area (Å²) in [5.74, 6) is -47.1.